The number of aromatic nitrogens is 1. The summed E-state index contributed by atoms with van der Waals surface area (Å²) in [7, 11) is 0. The van der Waals surface area contributed by atoms with Gasteiger partial charge in [-0.1, -0.05) is 0 Å². The maximum absolute atomic E-state index is 11.7. The van der Waals surface area contributed by atoms with Gasteiger partial charge in [0.1, 0.15) is 18.9 Å². The smallest absolute Gasteiger partial charge is 0.411 e. The van der Waals surface area contributed by atoms with E-state index in [-0.39, 0.29) is 11.4 Å². The van der Waals surface area contributed by atoms with Crippen molar-refractivity contribution in [1.82, 2.24) is 4.98 Å². The highest BCUT2D eigenvalue weighted by Crippen LogP contribution is 2.14. The molecule has 0 bridgehead atoms. The molecule has 0 radical (unpaired) electrons. The molecule has 0 unspecified atom stereocenters. The summed E-state index contributed by atoms with van der Waals surface area (Å²) >= 11 is 0. The molecule has 0 saturated heterocycles. The summed E-state index contributed by atoms with van der Waals surface area (Å²) in [6, 6.07) is 2.41. The number of rotatable bonds is 5. The number of hydrogen-bond acceptors (Lipinski definition) is 4. The average molecular weight is 278 g/mol. The van der Waals surface area contributed by atoms with Gasteiger partial charge in [-0.15, -0.1) is 0 Å². The fraction of sp³-hybridized carbons (Fsp3) is 0.300. The number of carboxylic acid groups (broad SMARTS) is 1. The lowest BCUT2D eigenvalue weighted by atomic mass is 10.3. The number of pyridine rings is 1. The van der Waals surface area contributed by atoms with Crippen molar-refractivity contribution in [1.29, 1.82) is 0 Å². The van der Waals surface area contributed by atoms with Crippen LogP contribution in [0.15, 0.2) is 18.3 Å². The molecule has 2 N–H and O–H groups in total. The molecule has 1 aromatic rings. The van der Waals surface area contributed by atoms with Gasteiger partial charge in [0, 0.05) is 0 Å². The summed E-state index contributed by atoms with van der Waals surface area (Å²) < 4.78 is 39.3. The third-order valence-corrected chi connectivity index (χ3v) is 1.77. The number of nitrogens with zero attached hydrogens (tertiary/aromatic N) is 1. The van der Waals surface area contributed by atoms with E-state index in [4.69, 9.17) is 5.11 Å². The third-order valence-electron chi connectivity index (χ3n) is 1.77. The van der Waals surface area contributed by atoms with Crippen LogP contribution in [0.1, 0.15) is 10.5 Å². The van der Waals surface area contributed by atoms with Crippen molar-refractivity contribution in [2.75, 3.05) is 18.5 Å². The fourth-order valence-electron chi connectivity index (χ4n) is 1.05. The van der Waals surface area contributed by atoms with Gasteiger partial charge >= 0.3 is 12.1 Å². The van der Waals surface area contributed by atoms with Gasteiger partial charge in [0.05, 0.1) is 11.9 Å². The number of carbonyl (C=O) groups excluding carboxylic acids is 1. The van der Waals surface area contributed by atoms with Gasteiger partial charge in [-0.05, 0) is 12.1 Å². The zero-order valence-electron chi connectivity index (χ0n) is 9.40. The topological polar surface area (TPSA) is 88.5 Å². The van der Waals surface area contributed by atoms with E-state index in [0.29, 0.717) is 0 Å². The predicted molar refractivity (Wildman–Crippen MR) is 56.7 cm³/mol. The minimum atomic E-state index is -4.50. The van der Waals surface area contributed by atoms with Crippen LogP contribution in [0, 0.1) is 0 Å². The molecule has 104 valence electrons. The Hall–Kier alpha value is -2.16. The number of halogens is 3. The van der Waals surface area contributed by atoms with Gasteiger partial charge in [-0.3, -0.25) is 4.79 Å². The SMILES string of the molecule is O=C(COCC(F)(F)F)Nc1ccc(C(=O)O)nc1. The van der Waals surface area contributed by atoms with Gasteiger partial charge in [0.15, 0.2) is 0 Å². The van der Waals surface area contributed by atoms with E-state index in [1.165, 1.54) is 6.07 Å². The van der Waals surface area contributed by atoms with Crippen LogP contribution in [0.4, 0.5) is 18.9 Å². The molecule has 0 fully saturated rings. The molecule has 0 aliphatic rings. The molecular formula is C10H9F3N2O4. The van der Waals surface area contributed by atoms with Crippen molar-refractivity contribution in [2.24, 2.45) is 0 Å². The number of anilines is 1. The maximum atomic E-state index is 11.7. The molecule has 1 aromatic heterocycles. The summed E-state index contributed by atoms with van der Waals surface area (Å²) in [5.41, 5.74) is -0.0584. The average Bonchev–Trinajstić information content (AvgIpc) is 2.27. The summed E-state index contributed by atoms with van der Waals surface area (Å²) in [4.78, 5) is 25.2. The number of alkyl halides is 3. The van der Waals surface area contributed by atoms with Gasteiger partial charge in [-0.2, -0.15) is 13.2 Å². The maximum Gasteiger partial charge on any atom is 0.411 e. The monoisotopic (exact) mass is 278 g/mol. The van der Waals surface area contributed by atoms with Crippen LogP contribution in [0.2, 0.25) is 0 Å². The molecule has 1 amide bonds. The summed E-state index contributed by atoms with van der Waals surface area (Å²) in [5.74, 6) is -2.03. The lowest BCUT2D eigenvalue weighted by molar-refractivity contribution is -0.174. The van der Waals surface area contributed by atoms with E-state index in [0.717, 1.165) is 12.3 Å². The van der Waals surface area contributed by atoms with E-state index >= 15 is 0 Å². The molecule has 0 saturated carbocycles. The third kappa shape index (κ3) is 5.82. The van der Waals surface area contributed by atoms with E-state index < -0.39 is 31.3 Å². The van der Waals surface area contributed by atoms with Crippen LogP contribution in [0.3, 0.4) is 0 Å². The fourth-order valence-corrected chi connectivity index (χ4v) is 1.05. The molecule has 6 nitrogen and oxygen atoms in total. The first kappa shape index (κ1) is 14.9. The minimum absolute atomic E-state index is 0.158. The van der Waals surface area contributed by atoms with Crippen molar-refractivity contribution in [3.05, 3.63) is 24.0 Å². The van der Waals surface area contributed by atoms with Crippen LogP contribution < -0.4 is 5.32 Å². The standard InChI is InChI=1S/C10H9F3N2O4/c11-10(12,13)5-19-4-8(16)15-6-1-2-7(9(17)18)14-3-6/h1-3H,4-5H2,(H,15,16)(H,17,18). The van der Waals surface area contributed by atoms with E-state index in [1.807, 2.05) is 0 Å². The van der Waals surface area contributed by atoms with Crippen molar-refractivity contribution >= 4 is 17.6 Å². The Labute approximate surface area is 105 Å². The molecule has 0 aliphatic heterocycles. The zero-order valence-corrected chi connectivity index (χ0v) is 9.40. The first-order valence-corrected chi connectivity index (χ1v) is 4.91. The van der Waals surface area contributed by atoms with E-state index in [1.54, 1.807) is 0 Å². The lowest BCUT2D eigenvalue weighted by Gasteiger charge is -2.08. The largest absolute Gasteiger partial charge is 0.477 e. The van der Waals surface area contributed by atoms with Crippen LogP contribution in [0.5, 0.6) is 0 Å². The molecule has 0 spiro atoms. The Morgan fingerprint density at radius 2 is 2.05 bits per heavy atom. The number of aromatic carboxylic acids is 1. The number of amides is 1. The number of carboxylic acids is 1. The van der Waals surface area contributed by atoms with E-state index in [2.05, 4.69) is 15.0 Å². The highest BCUT2D eigenvalue weighted by atomic mass is 19.4. The predicted octanol–water partition coefficient (Wildman–Crippen LogP) is 1.30. The Morgan fingerprint density at radius 1 is 1.37 bits per heavy atom. The summed E-state index contributed by atoms with van der Waals surface area (Å²) in [5, 5.41) is 10.8. The molecule has 0 aromatic carbocycles. The Kier molecular flexibility index (Phi) is 4.81. The molecule has 9 heteroatoms. The molecule has 1 rings (SSSR count). The lowest BCUT2D eigenvalue weighted by Crippen LogP contribution is -2.24. The summed E-state index contributed by atoms with van der Waals surface area (Å²) in [6.07, 6.45) is -3.42. The first-order chi connectivity index (χ1) is 8.78. The normalized spacial score (nSPS) is 11.1. The van der Waals surface area contributed by atoms with Crippen molar-refractivity contribution in [3.63, 3.8) is 0 Å². The highest BCUT2D eigenvalue weighted by molar-refractivity contribution is 5.92. The number of carbonyl (C=O) groups is 2. The molecule has 0 atom stereocenters. The highest BCUT2D eigenvalue weighted by Gasteiger charge is 2.27. The Bertz CT molecular complexity index is 459. The van der Waals surface area contributed by atoms with Gasteiger partial charge in [-0.25, -0.2) is 9.78 Å². The first-order valence-electron chi connectivity index (χ1n) is 4.91. The van der Waals surface area contributed by atoms with Gasteiger partial charge in [0.25, 0.3) is 0 Å². The van der Waals surface area contributed by atoms with Crippen molar-refractivity contribution in [3.8, 4) is 0 Å². The zero-order chi connectivity index (χ0) is 14.5. The molecule has 19 heavy (non-hydrogen) atoms. The number of ether oxygens (including phenoxy) is 1. The second-order valence-electron chi connectivity index (χ2n) is 3.39. The van der Waals surface area contributed by atoms with Crippen LogP contribution in [0.25, 0.3) is 0 Å². The Morgan fingerprint density at radius 3 is 2.53 bits per heavy atom. The van der Waals surface area contributed by atoms with Gasteiger partial charge < -0.3 is 15.2 Å². The Balaban J connectivity index is 2.42. The molecule has 1 heterocycles. The summed E-state index contributed by atoms with van der Waals surface area (Å²) in [6.45, 7) is -2.28. The molecular weight excluding hydrogens is 269 g/mol. The van der Waals surface area contributed by atoms with Crippen molar-refractivity contribution in [2.45, 2.75) is 6.18 Å². The van der Waals surface area contributed by atoms with Crippen LogP contribution >= 0.6 is 0 Å². The second kappa shape index (κ2) is 6.14. The van der Waals surface area contributed by atoms with E-state index in [9.17, 15) is 22.8 Å². The van der Waals surface area contributed by atoms with Crippen molar-refractivity contribution < 1.29 is 32.6 Å². The number of nitrogens with one attached hydrogen (secondary N) is 1. The van der Waals surface area contributed by atoms with Crippen LogP contribution in [-0.2, 0) is 9.53 Å². The molecule has 0 aliphatic carbocycles. The quantitative estimate of drug-likeness (QED) is 0.847. The van der Waals surface area contributed by atoms with Crippen LogP contribution in [-0.4, -0.2) is 41.4 Å². The van der Waals surface area contributed by atoms with Gasteiger partial charge in [0.2, 0.25) is 5.91 Å². The second-order valence-corrected chi connectivity index (χ2v) is 3.39. The number of hydrogen-bond donors (Lipinski definition) is 2. The minimum Gasteiger partial charge on any atom is -0.477 e.